The SMILES string of the molecule is Cc1nnc(CN=C(NCCc2cccs2)NCC(C)Oc2cccc(F)c2)n1C.I. The number of halogens is 2. The Labute approximate surface area is 203 Å². The third-order valence-electron chi connectivity index (χ3n) is 4.50. The van der Waals surface area contributed by atoms with Crippen molar-refractivity contribution < 1.29 is 9.13 Å². The molecule has 2 N–H and O–H groups in total. The van der Waals surface area contributed by atoms with Crippen LogP contribution in [-0.2, 0) is 20.0 Å². The van der Waals surface area contributed by atoms with E-state index < -0.39 is 0 Å². The molecule has 7 nitrogen and oxygen atoms in total. The molecule has 2 heterocycles. The lowest BCUT2D eigenvalue weighted by molar-refractivity contribution is 0.223. The summed E-state index contributed by atoms with van der Waals surface area (Å²) in [6.45, 7) is 5.50. The van der Waals surface area contributed by atoms with Crippen LogP contribution < -0.4 is 15.4 Å². The van der Waals surface area contributed by atoms with E-state index in [4.69, 9.17) is 4.74 Å². The third-order valence-corrected chi connectivity index (χ3v) is 5.43. The Morgan fingerprint density at radius 1 is 1.26 bits per heavy atom. The molecule has 1 unspecified atom stereocenters. The van der Waals surface area contributed by atoms with E-state index in [1.807, 2.05) is 25.5 Å². The van der Waals surface area contributed by atoms with E-state index in [9.17, 15) is 4.39 Å². The number of hydrogen-bond donors (Lipinski definition) is 2. The zero-order chi connectivity index (χ0) is 21.3. The van der Waals surface area contributed by atoms with Crippen LogP contribution in [-0.4, -0.2) is 39.9 Å². The molecule has 0 aliphatic rings. The first-order valence-corrected chi connectivity index (χ1v) is 10.7. The molecule has 0 aliphatic carbocycles. The largest absolute Gasteiger partial charge is 0.489 e. The van der Waals surface area contributed by atoms with Gasteiger partial charge in [-0.3, -0.25) is 0 Å². The topological polar surface area (TPSA) is 76.4 Å². The third kappa shape index (κ3) is 8.09. The van der Waals surface area contributed by atoms with E-state index >= 15 is 0 Å². The fourth-order valence-corrected chi connectivity index (χ4v) is 3.44. The summed E-state index contributed by atoms with van der Waals surface area (Å²) < 4.78 is 21.0. The van der Waals surface area contributed by atoms with E-state index in [0.29, 0.717) is 24.8 Å². The summed E-state index contributed by atoms with van der Waals surface area (Å²) in [7, 11) is 1.92. The van der Waals surface area contributed by atoms with Crippen LogP contribution in [0.4, 0.5) is 4.39 Å². The quantitative estimate of drug-likeness (QED) is 0.238. The molecule has 0 bridgehead atoms. The zero-order valence-electron chi connectivity index (χ0n) is 17.8. The molecule has 31 heavy (non-hydrogen) atoms. The van der Waals surface area contributed by atoms with Crippen LogP contribution in [0.15, 0.2) is 46.8 Å². The second-order valence-corrected chi connectivity index (χ2v) is 7.94. The maximum Gasteiger partial charge on any atom is 0.191 e. The van der Waals surface area contributed by atoms with Gasteiger partial charge in [-0.25, -0.2) is 9.38 Å². The summed E-state index contributed by atoms with van der Waals surface area (Å²) in [6.07, 6.45) is 0.740. The Kier molecular flexibility index (Phi) is 10.2. The molecule has 0 saturated heterocycles. The Morgan fingerprint density at radius 2 is 2.10 bits per heavy atom. The summed E-state index contributed by atoms with van der Waals surface area (Å²) in [5.41, 5.74) is 0. The Hall–Kier alpha value is -2.21. The van der Waals surface area contributed by atoms with E-state index in [1.165, 1.54) is 17.0 Å². The van der Waals surface area contributed by atoms with Crippen LogP contribution in [0.5, 0.6) is 5.75 Å². The van der Waals surface area contributed by atoms with Crippen LogP contribution in [0, 0.1) is 12.7 Å². The molecule has 0 amide bonds. The van der Waals surface area contributed by atoms with Crippen LogP contribution in [0.3, 0.4) is 0 Å². The van der Waals surface area contributed by atoms with Gasteiger partial charge >= 0.3 is 0 Å². The first-order chi connectivity index (χ1) is 14.5. The summed E-state index contributed by atoms with van der Waals surface area (Å²) in [5, 5.41) is 17.0. The number of aromatic nitrogens is 3. The van der Waals surface area contributed by atoms with Gasteiger partial charge < -0.3 is 19.9 Å². The van der Waals surface area contributed by atoms with E-state index in [2.05, 4.69) is 43.3 Å². The molecule has 0 radical (unpaired) electrons. The number of nitrogens with zero attached hydrogens (tertiary/aromatic N) is 4. The summed E-state index contributed by atoms with van der Waals surface area (Å²) in [5.74, 6) is 2.49. The predicted octanol–water partition coefficient (Wildman–Crippen LogP) is 3.69. The molecule has 3 aromatic rings. The average Bonchev–Trinajstić information content (AvgIpc) is 3.34. The average molecular weight is 558 g/mol. The van der Waals surface area contributed by atoms with Crippen molar-refractivity contribution in [3.8, 4) is 5.75 Å². The van der Waals surface area contributed by atoms with Gasteiger partial charge in [0.15, 0.2) is 11.8 Å². The predicted molar refractivity (Wildman–Crippen MR) is 133 cm³/mol. The number of hydrogen-bond acceptors (Lipinski definition) is 5. The second-order valence-electron chi connectivity index (χ2n) is 6.91. The van der Waals surface area contributed by atoms with Crippen LogP contribution in [0.25, 0.3) is 0 Å². The van der Waals surface area contributed by atoms with Crippen LogP contribution >= 0.6 is 35.3 Å². The van der Waals surface area contributed by atoms with Crippen molar-refractivity contribution >= 4 is 41.3 Å². The molecular weight excluding hydrogens is 530 g/mol. The van der Waals surface area contributed by atoms with Gasteiger partial charge in [-0.15, -0.1) is 45.5 Å². The van der Waals surface area contributed by atoms with Crippen molar-refractivity contribution in [2.45, 2.75) is 32.9 Å². The van der Waals surface area contributed by atoms with Gasteiger partial charge in [0.25, 0.3) is 0 Å². The molecule has 0 aliphatic heterocycles. The highest BCUT2D eigenvalue weighted by Crippen LogP contribution is 2.13. The highest BCUT2D eigenvalue weighted by Gasteiger charge is 2.09. The molecule has 10 heteroatoms. The molecule has 0 fully saturated rings. The smallest absolute Gasteiger partial charge is 0.191 e. The minimum absolute atomic E-state index is 0. The number of ether oxygens (including phenoxy) is 1. The lowest BCUT2D eigenvalue weighted by Gasteiger charge is -2.18. The maximum absolute atomic E-state index is 13.3. The van der Waals surface area contributed by atoms with Gasteiger partial charge in [0.2, 0.25) is 0 Å². The van der Waals surface area contributed by atoms with Crippen molar-refractivity contribution in [3.05, 3.63) is 64.1 Å². The van der Waals surface area contributed by atoms with E-state index in [1.54, 1.807) is 23.5 Å². The number of aliphatic imine (C=N–C) groups is 1. The summed E-state index contributed by atoms with van der Waals surface area (Å²) >= 11 is 1.74. The molecule has 2 aromatic heterocycles. The lowest BCUT2D eigenvalue weighted by Crippen LogP contribution is -2.42. The zero-order valence-corrected chi connectivity index (χ0v) is 21.0. The van der Waals surface area contributed by atoms with Crippen molar-refractivity contribution in [1.82, 2.24) is 25.4 Å². The molecule has 3 rings (SSSR count). The highest BCUT2D eigenvalue weighted by atomic mass is 127. The number of thiophene rings is 1. The number of aryl methyl sites for hydroxylation is 1. The van der Waals surface area contributed by atoms with Crippen LogP contribution in [0.2, 0.25) is 0 Å². The minimum Gasteiger partial charge on any atom is -0.489 e. The minimum atomic E-state index is -0.316. The Balaban J connectivity index is 0.00000341. The fraction of sp³-hybridized carbons (Fsp3) is 0.381. The molecular formula is C21H28FIN6OS. The van der Waals surface area contributed by atoms with Crippen molar-refractivity contribution in [3.63, 3.8) is 0 Å². The van der Waals surface area contributed by atoms with E-state index in [-0.39, 0.29) is 35.9 Å². The first-order valence-electron chi connectivity index (χ1n) is 9.83. The molecule has 0 spiro atoms. The molecule has 168 valence electrons. The second kappa shape index (κ2) is 12.6. The standard InChI is InChI=1S/C21H27FN6OS.HI/c1-15(29-18-7-4-6-17(22)12-18)13-24-21(23-10-9-19-8-5-11-30-19)25-14-20-27-26-16(2)28(20)3;/h4-8,11-12,15H,9-10,13-14H2,1-3H3,(H2,23,24,25);1H. The van der Waals surface area contributed by atoms with Crippen molar-refractivity contribution in [1.29, 1.82) is 0 Å². The van der Waals surface area contributed by atoms with Gasteiger partial charge in [-0.1, -0.05) is 12.1 Å². The van der Waals surface area contributed by atoms with Crippen molar-refractivity contribution in [2.75, 3.05) is 13.1 Å². The number of benzene rings is 1. The first kappa shape index (κ1) is 25.1. The number of rotatable bonds is 9. The Bertz CT molecular complexity index is 963. The van der Waals surface area contributed by atoms with Gasteiger partial charge in [0.05, 0.1) is 6.54 Å². The number of nitrogens with one attached hydrogen (secondary N) is 2. The van der Waals surface area contributed by atoms with Gasteiger partial charge in [0.1, 0.15) is 30.0 Å². The van der Waals surface area contributed by atoms with Gasteiger partial charge in [-0.2, -0.15) is 0 Å². The molecule has 1 atom stereocenters. The van der Waals surface area contributed by atoms with Gasteiger partial charge in [-0.05, 0) is 43.8 Å². The monoisotopic (exact) mass is 558 g/mol. The molecule has 0 saturated carbocycles. The normalized spacial score (nSPS) is 12.2. The fourth-order valence-electron chi connectivity index (χ4n) is 2.73. The lowest BCUT2D eigenvalue weighted by atomic mass is 10.3. The van der Waals surface area contributed by atoms with E-state index in [0.717, 1.165) is 24.6 Å². The van der Waals surface area contributed by atoms with Crippen molar-refractivity contribution in [2.24, 2.45) is 12.0 Å². The van der Waals surface area contributed by atoms with Crippen LogP contribution in [0.1, 0.15) is 23.4 Å². The summed E-state index contributed by atoms with van der Waals surface area (Å²) in [6, 6.07) is 10.3. The number of guanidine groups is 1. The van der Waals surface area contributed by atoms with Gasteiger partial charge in [0, 0.05) is 24.5 Å². The maximum atomic E-state index is 13.3. The highest BCUT2D eigenvalue weighted by molar-refractivity contribution is 14.0. The summed E-state index contributed by atoms with van der Waals surface area (Å²) in [4.78, 5) is 5.95. The molecule has 1 aromatic carbocycles. The Morgan fingerprint density at radius 3 is 2.77 bits per heavy atom.